The molecule has 0 saturated carbocycles. The van der Waals surface area contributed by atoms with E-state index >= 15 is 0 Å². The van der Waals surface area contributed by atoms with Crippen LogP contribution in [0.3, 0.4) is 0 Å². The van der Waals surface area contributed by atoms with Crippen LogP contribution in [0, 0.1) is 5.41 Å². The lowest BCUT2D eigenvalue weighted by molar-refractivity contribution is 0.226. The second-order valence-corrected chi connectivity index (χ2v) is 7.92. The highest BCUT2D eigenvalue weighted by Crippen LogP contribution is 2.27. The minimum atomic E-state index is 0.198. The van der Waals surface area contributed by atoms with Gasteiger partial charge in [0.2, 0.25) is 0 Å². The topological polar surface area (TPSA) is 29.9 Å². The molecule has 116 valence electrons. The van der Waals surface area contributed by atoms with Gasteiger partial charge in [0, 0.05) is 40.8 Å². The minimum Gasteiger partial charge on any atom is -0.336 e. The quantitative estimate of drug-likeness (QED) is 0.863. The molecule has 21 heavy (non-hydrogen) atoms. The lowest BCUT2D eigenvalue weighted by Gasteiger charge is -2.34. The first-order valence-corrected chi connectivity index (χ1v) is 8.52. The Bertz CT molecular complexity index is 537. The second-order valence-electron chi connectivity index (χ2n) is 6.72. The largest absolute Gasteiger partial charge is 0.336 e. The average molecular weight is 305 g/mol. The Morgan fingerprint density at radius 3 is 2.62 bits per heavy atom. The van der Waals surface area contributed by atoms with Crippen LogP contribution in [0.2, 0.25) is 0 Å². The molecule has 1 N–H and O–H groups in total. The van der Waals surface area contributed by atoms with Crippen LogP contribution in [0.5, 0.6) is 0 Å². The zero-order valence-electron chi connectivity index (χ0n) is 13.8. The number of aromatic nitrogens is 2. The van der Waals surface area contributed by atoms with Crippen molar-refractivity contribution in [3.8, 4) is 0 Å². The molecule has 0 bridgehead atoms. The molecule has 0 aromatic carbocycles. The molecule has 0 saturated heterocycles. The van der Waals surface area contributed by atoms with Gasteiger partial charge in [0.15, 0.2) is 0 Å². The summed E-state index contributed by atoms with van der Waals surface area (Å²) in [6.07, 6.45) is 6.89. The number of nitrogens with zero attached hydrogens (tertiary/aromatic N) is 2. The van der Waals surface area contributed by atoms with E-state index in [0.29, 0.717) is 12.1 Å². The molecule has 2 atom stereocenters. The van der Waals surface area contributed by atoms with E-state index in [1.54, 1.807) is 0 Å². The summed E-state index contributed by atoms with van der Waals surface area (Å²) in [5, 5.41) is 3.81. The van der Waals surface area contributed by atoms with Gasteiger partial charge in [0.05, 0.1) is 6.33 Å². The van der Waals surface area contributed by atoms with Gasteiger partial charge < -0.3 is 9.88 Å². The molecule has 3 nitrogen and oxygen atoms in total. The van der Waals surface area contributed by atoms with Crippen molar-refractivity contribution < 1.29 is 0 Å². The third-order valence-corrected chi connectivity index (χ3v) is 5.32. The van der Waals surface area contributed by atoms with Gasteiger partial charge in [-0.3, -0.25) is 0 Å². The molecule has 0 amide bonds. The summed E-state index contributed by atoms with van der Waals surface area (Å²) in [6, 6.07) is 5.29. The number of imidazole rings is 1. The molecule has 0 aliphatic rings. The number of thiophene rings is 1. The van der Waals surface area contributed by atoms with Crippen LogP contribution in [-0.4, -0.2) is 15.6 Å². The smallest absolute Gasteiger partial charge is 0.0946 e. The van der Waals surface area contributed by atoms with Crippen LogP contribution in [0.4, 0.5) is 0 Å². The summed E-state index contributed by atoms with van der Waals surface area (Å²) in [5.41, 5.74) is 0.198. The summed E-state index contributed by atoms with van der Waals surface area (Å²) < 4.78 is 2.15. The van der Waals surface area contributed by atoms with Gasteiger partial charge in [-0.15, -0.1) is 11.3 Å². The molecule has 4 heteroatoms. The van der Waals surface area contributed by atoms with Crippen LogP contribution in [-0.2, 0) is 13.0 Å². The maximum absolute atomic E-state index is 4.15. The summed E-state index contributed by atoms with van der Waals surface area (Å²) >= 11 is 1.92. The van der Waals surface area contributed by atoms with Gasteiger partial charge in [-0.2, -0.15) is 0 Å². The standard InChI is InChI=1S/C17H27N3S/c1-6-14-7-8-15(21-14)13(2)19-16(17(3,4)5)11-20-10-9-18-12-20/h7-10,12-13,16,19H,6,11H2,1-5H3. The Labute approximate surface area is 132 Å². The van der Waals surface area contributed by atoms with E-state index in [0.717, 1.165) is 13.0 Å². The van der Waals surface area contributed by atoms with E-state index in [1.165, 1.54) is 9.75 Å². The first-order valence-electron chi connectivity index (χ1n) is 7.70. The lowest BCUT2D eigenvalue weighted by Crippen LogP contribution is -2.44. The lowest BCUT2D eigenvalue weighted by atomic mass is 9.86. The van der Waals surface area contributed by atoms with Gasteiger partial charge >= 0.3 is 0 Å². The molecule has 0 fully saturated rings. The van der Waals surface area contributed by atoms with E-state index in [4.69, 9.17) is 0 Å². The Morgan fingerprint density at radius 2 is 2.10 bits per heavy atom. The summed E-state index contributed by atoms with van der Waals surface area (Å²) in [6.45, 7) is 12.3. The van der Waals surface area contributed by atoms with Gasteiger partial charge in [0.25, 0.3) is 0 Å². The van der Waals surface area contributed by atoms with Crippen LogP contribution in [0.15, 0.2) is 30.9 Å². The van der Waals surface area contributed by atoms with Crippen molar-refractivity contribution in [3.63, 3.8) is 0 Å². The fourth-order valence-corrected chi connectivity index (χ4v) is 3.35. The Hall–Kier alpha value is -1.13. The van der Waals surface area contributed by atoms with Crippen LogP contribution >= 0.6 is 11.3 Å². The number of nitrogens with one attached hydrogen (secondary N) is 1. The average Bonchev–Trinajstić information content (AvgIpc) is 3.07. The number of hydrogen-bond acceptors (Lipinski definition) is 3. The molecule has 0 radical (unpaired) electrons. The predicted octanol–water partition coefficient (Wildman–Crippen LogP) is 4.27. The van der Waals surface area contributed by atoms with E-state index < -0.39 is 0 Å². The molecular weight excluding hydrogens is 278 g/mol. The molecule has 2 heterocycles. The van der Waals surface area contributed by atoms with Gasteiger partial charge in [0.1, 0.15) is 0 Å². The molecule has 2 rings (SSSR count). The van der Waals surface area contributed by atoms with Crippen molar-refractivity contribution in [2.24, 2.45) is 5.41 Å². The Morgan fingerprint density at radius 1 is 1.33 bits per heavy atom. The normalized spacial score (nSPS) is 15.1. The van der Waals surface area contributed by atoms with Crippen molar-refractivity contribution in [1.82, 2.24) is 14.9 Å². The maximum Gasteiger partial charge on any atom is 0.0946 e. The number of aryl methyl sites for hydroxylation is 1. The van der Waals surface area contributed by atoms with Crippen molar-refractivity contribution >= 4 is 11.3 Å². The SMILES string of the molecule is CCc1ccc(C(C)NC(Cn2ccnc2)C(C)(C)C)s1. The highest BCUT2D eigenvalue weighted by molar-refractivity contribution is 7.12. The number of rotatable bonds is 6. The number of hydrogen-bond donors (Lipinski definition) is 1. The second kappa shape index (κ2) is 6.75. The fourth-order valence-electron chi connectivity index (χ4n) is 2.38. The van der Waals surface area contributed by atoms with Crippen molar-refractivity contribution in [2.75, 3.05) is 0 Å². The first-order chi connectivity index (χ1) is 9.90. The highest BCUT2D eigenvalue weighted by Gasteiger charge is 2.26. The van der Waals surface area contributed by atoms with Gasteiger partial charge in [-0.05, 0) is 30.9 Å². The van der Waals surface area contributed by atoms with Gasteiger partial charge in [-0.25, -0.2) is 4.98 Å². The van der Waals surface area contributed by atoms with Crippen molar-refractivity contribution in [2.45, 2.75) is 59.7 Å². The summed E-state index contributed by atoms with van der Waals surface area (Å²) in [7, 11) is 0. The predicted molar refractivity (Wildman–Crippen MR) is 90.7 cm³/mol. The van der Waals surface area contributed by atoms with E-state index in [2.05, 4.69) is 61.6 Å². The third-order valence-electron chi connectivity index (χ3n) is 3.91. The summed E-state index contributed by atoms with van der Waals surface area (Å²) in [4.78, 5) is 7.03. The monoisotopic (exact) mass is 305 g/mol. The molecule has 2 aromatic heterocycles. The zero-order valence-corrected chi connectivity index (χ0v) is 14.6. The zero-order chi connectivity index (χ0) is 15.5. The van der Waals surface area contributed by atoms with Crippen molar-refractivity contribution in [3.05, 3.63) is 40.6 Å². The Kier molecular flexibility index (Phi) is 5.22. The van der Waals surface area contributed by atoms with Gasteiger partial charge in [-0.1, -0.05) is 27.7 Å². The molecular formula is C17H27N3S. The van der Waals surface area contributed by atoms with Crippen LogP contribution in [0.1, 0.15) is 50.4 Å². The fraction of sp³-hybridized carbons (Fsp3) is 0.588. The van der Waals surface area contributed by atoms with E-state index in [1.807, 2.05) is 30.1 Å². The highest BCUT2D eigenvalue weighted by atomic mass is 32.1. The Balaban J connectivity index is 2.07. The molecule has 0 aliphatic heterocycles. The summed E-state index contributed by atoms with van der Waals surface area (Å²) in [5.74, 6) is 0. The van der Waals surface area contributed by atoms with Crippen LogP contribution < -0.4 is 5.32 Å². The van der Waals surface area contributed by atoms with Crippen LogP contribution in [0.25, 0.3) is 0 Å². The molecule has 0 aliphatic carbocycles. The molecule has 2 unspecified atom stereocenters. The van der Waals surface area contributed by atoms with E-state index in [-0.39, 0.29) is 5.41 Å². The maximum atomic E-state index is 4.15. The third kappa shape index (κ3) is 4.42. The van der Waals surface area contributed by atoms with Crippen molar-refractivity contribution in [1.29, 1.82) is 0 Å². The van der Waals surface area contributed by atoms with E-state index in [9.17, 15) is 0 Å². The minimum absolute atomic E-state index is 0.198. The molecule has 0 spiro atoms. The first kappa shape index (κ1) is 16.2. The molecule has 2 aromatic rings.